The molecule has 0 saturated heterocycles. The summed E-state index contributed by atoms with van der Waals surface area (Å²) < 4.78 is 1.64. The van der Waals surface area contributed by atoms with Crippen LogP contribution in [0.4, 0.5) is 0 Å². The van der Waals surface area contributed by atoms with Crippen LogP contribution in [-0.2, 0) is 6.54 Å². The lowest BCUT2D eigenvalue weighted by atomic mass is 10.2. The van der Waals surface area contributed by atoms with Gasteiger partial charge in [0.05, 0.1) is 0 Å². The van der Waals surface area contributed by atoms with Gasteiger partial charge in [0.2, 0.25) is 0 Å². The molecule has 21 heavy (non-hydrogen) atoms. The molecule has 2 aromatic rings. The summed E-state index contributed by atoms with van der Waals surface area (Å²) in [6.07, 6.45) is 2.47. The highest BCUT2D eigenvalue weighted by Crippen LogP contribution is 2.09. The molecule has 0 aliphatic rings. The molecule has 4 nitrogen and oxygen atoms in total. The van der Waals surface area contributed by atoms with Crippen LogP contribution in [0.1, 0.15) is 22.3 Å². The zero-order valence-electron chi connectivity index (χ0n) is 11.8. The number of carbonyl (C=O) groups excluding carboxylic acids is 1. The monoisotopic (exact) mass is 304 g/mol. The summed E-state index contributed by atoms with van der Waals surface area (Å²) in [5.41, 5.74) is 1.51. The van der Waals surface area contributed by atoms with Gasteiger partial charge in [0.25, 0.3) is 11.5 Å². The third kappa shape index (κ3) is 4.46. The number of pyridine rings is 1. The number of halogens is 1. The molecule has 0 spiro atoms. The number of benzene rings is 1. The lowest BCUT2D eigenvalue weighted by Crippen LogP contribution is -2.26. The van der Waals surface area contributed by atoms with Crippen molar-refractivity contribution in [3.05, 3.63) is 69.1 Å². The van der Waals surface area contributed by atoms with E-state index < -0.39 is 0 Å². The summed E-state index contributed by atoms with van der Waals surface area (Å²) in [6.45, 7) is 2.99. The molecule has 0 atom stereocenters. The van der Waals surface area contributed by atoms with Gasteiger partial charge < -0.3 is 9.88 Å². The van der Waals surface area contributed by atoms with E-state index in [1.54, 1.807) is 41.1 Å². The topological polar surface area (TPSA) is 51.1 Å². The lowest BCUT2D eigenvalue weighted by Gasteiger charge is -2.07. The minimum atomic E-state index is -0.136. The molecule has 0 aliphatic carbocycles. The Labute approximate surface area is 128 Å². The lowest BCUT2D eigenvalue weighted by molar-refractivity contribution is 0.0952. The minimum Gasteiger partial charge on any atom is -0.352 e. The van der Waals surface area contributed by atoms with Crippen molar-refractivity contribution in [1.82, 2.24) is 9.88 Å². The zero-order chi connectivity index (χ0) is 15.2. The first-order valence-corrected chi connectivity index (χ1v) is 7.15. The van der Waals surface area contributed by atoms with Crippen LogP contribution in [0.15, 0.2) is 47.4 Å². The van der Waals surface area contributed by atoms with E-state index in [1.165, 1.54) is 0 Å². The fraction of sp³-hybridized carbons (Fsp3) is 0.250. The van der Waals surface area contributed by atoms with Gasteiger partial charge in [-0.3, -0.25) is 9.59 Å². The van der Waals surface area contributed by atoms with E-state index in [-0.39, 0.29) is 11.5 Å². The van der Waals surface area contributed by atoms with Crippen LogP contribution in [0.5, 0.6) is 0 Å². The Hall–Kier alpha value is -2.07. The van der Waals surface area contributed by atoms with Crippen molar-refractivity contribution >= 4 is 17.5 Å². The average Bonchev–Trinajstić information content (AvgIpc) is 2.46. The van der Waals surface area contributed by atoms with E-state index in [0.29, 0.717) is 30.1 Å². The van der Waals surface area contributed by atoms with Crippen LogP contribution in [0.25, 0.3) is 0 Å². The molecule has 1 amide bonds. The molecule has 5 heteroatoms. The molecule has 0 radical (unpaired) electrons. The quantitative estimate of drug-likeness (QED) is 0.863. The van der Waals surface area contributed by atoms with Crippen LogP contribution in [0.3, 0.4) is 0 Å². The van der Waals surface area contributed by atoms with E-state index in [2.05, 4.69) is 5.32 Å². The minimum absolute atomic E-state index is 0.0148. The van der Waals surface area contributed by atoms with Gasteiger partial charge in [0.1, 0.15) is 0 Å². The highest BCUT2D eigenvalue weighted by atomic mass is 35.5. The Kier molecular flexibility index (Phi) is 5.17. The molecule has 2 rings (SSSR count). The maximum absolute atomic E-state index is 11.9. The van der Waals surface area contributed by atoms with Gasteiger partial charge >= 0.3 is 0 Å². The molecule has 1 N–H and O–H groups in total. The molecule has 0 bridgehead atoms. The van der Waals surface area contributed by atoms with Crippen molar-refractivity contribution in [3.63, 3.8) is 0 Å². The van der Waals surface area contributed by atoms with Gasteiger partial charge in [0.15, 0.2) is 0 Å². The highest BCUT2D eigenvalue weighted by Gasteiger charge is 2.04. The zero-order valence-corrected chi connectivity index (χ0v) is 12.6. The van der Waals surface area contributed by atoms with Crippen molar-refractivity contribution < 1.29 is 4.79 Å². The molecule has 0 unspecified atom stereocenters. The molecular formula is C16H17ClN2O2. The van der Waals surface area contributed by atoms with Crippen LogP contribution >= 0.6 is 11.6 Å². The second kappa shape index (κ2) is 7.09. The molecule has 0 aliphatic heterocycles. The number of hydrogen-bond acceptors (Lipinski definition) is 2. The van der Waals surface area contributed by atoms with E-state index in [9.17, 15) is 9.59 Å². The van der Waals surface area contributed by atoms with E-state index in [4.69, 9.17) is 11.6 Å². The van der Waals surface area contributed by atoms with E-state index >= 15 is 0 Å². The third-order valence-corrected chi connectivity index (χ3v) is 3.37. The fourth-order valence-corrected chi connectivity index (χ4v) is 2.07. The van der Waals surface area contributed by atoms with Gasteiger partial charge in [-0.25, -0.2) is 0 Å². The molecule has 0 fully saturated rings. The summed E-state index contributed by atoms with van der Waals surface area (Å²) in [5, 5.41) is 3.42. The maximum atomic E-state index is 11.9. The number of carbonyl (C=O) groups is 1. The van der Waals surface area contributed by atoms with Gasteiger partial charge in [-0.15, -0.1) is 0 Å². The van der Waals surface area contributed by atoms with Gasteiger partial charge in [-0.1, -0.05) is 11.6 Å². The first-order valence-electron chi connectivity index (χ1n) is 6.77. The van der Waals surface area contributed by atoms with Gasteiger partial charge in [0, 0.05) is 35.9 Å². The predicted octanol–water partition coefficient (Wildman–Crippen LogP) is 2.63. The Morgan fingerprint density at radius 1 is 1.24 bits per heavy atom. The molecule has 1 heterocycles. The van der Waals surface area contributed by atoms with Crippen molar-refractivity contribution in [2.45, 2.75) is 19.9 Å². The number of hydrogen-bond donors (Lipinski definition) is 1. The van der Waals surface area contributed by atoms with Crippen molar-refractivity contribution in [3.8, 4) is 0 Å². The standard InChI is InChI=1S/C16H17ClN2O2/c1-12-7-10-19(15(20)11-12)9-2-8-18-16(21)13-3-5-14(17)6-4-13/h3-7,10-11H,2,8-9H2,1H3,(H,18,21). The highest BCUT2D eigenvalue weighted by molar-refractivity contribution is 6.30. The number of rotatable bonds is 5. The number of nitrogens with zero attached hydrogens (tertiary/aromatic N) is 1. The van der Waals surface area contributed by atoms with E-state index in [0.717, 1.165) is 5.56 Å². The summed E-state index contributed by atoms with van der Waals surface area (Å²) in [4.78, 5) is 23.5. The summed E-state index contributed by atoms with van der Waals surface area (Å²) in [5.74, 6) is -0.136. The SMILES string of the molecule is Cc1ccn(CCCNC(=O)c2ccc(Cl)cc2)c(=O)c1. The largest absolute Gasteiger partial charge is 0.352 e. The summed E-state index contributed by atoms with van der Waals surface area (Å²) in [7, 11) is 0. The summed E-state index contributed by atoms with van der Waals surface area (Å²) in [6, 6.07) is 10.2. The van der Waals surface area contributed by atoms with E-state index in [1.807, 2.05) is 13.0 Å². The second-order valence-corrected chi connectivity index (χ2v) is 5.29. The third-order valence-electron chi connectivity index (χ3n) is 3.12. The predicted molar refractivity (Wildman–Crippen MR) is 83.8 cm³/mol. The Bertz CT molecular complexity index is 677. The normalized spacial score (nSPS) is 10.4. The van der Waals surface area contributed by atoms with Crippen molar-refractivity contribution in [2.75, 3.05) is 6.54 Å². The second-order valence-electron chi connectivity index (χ2n) is 4.85. The van der Waals surface area contributed by atoms with Crippen molar-refractivity contribution in [1.29, 1.82) is 0 Å². The van der Waals surface area contributed by atoms with Crippen LogP contribution in [-0.4, -0.2) is 17.0 Å². The van der Waals surface area contributed by atoms with Crippen LogP contribution < -0.4 is 10.9 Å². The Balaban J connectivity index is 1.80. The van der Waals surface area contributed by atoms with Gasteiger partial charge in [-0.05, 0) is 49.2 Å². The number of nitrogens with one attached hydrogen (secondary N) is 1. The molecule has 1 aromatic heterocycles. The molecule has 0 saturated carbocycles. The first kappa shape index (κ1) is 15.3. The fourth-order valence-electron chi connectivity index (χ4n) is 1.95. The van der Waals surface area contributed by atoms with Gasteiger partial charge in [-0.2, -0.15) is 0 Å². The van der Waals surface area contributed by atoms with Crippen molar-refractivity contribution in [2.24, 2.45) is 0 Å². The molecular weight excluding hydrogens is 288 g/mol. The maximum Gasteiger partial charge on any atom is 0.251 e. The van der Waals surface area contributed by atoms with Crippen LogP contribution in [0, 0.1) is 6.92 Å². The van der Waals surface area contributed by atoms with Crippen LogP contribution in [0.2, 0.25) is 5.02 Å². The Morgan fingerprint density at radius 2 is 1.95 bits per heavy atom. The Morgan fingerprint density at radius 3 is 2.62 bits per heavy atom. The average molecular weight is 305 g/mol. The number of aromatic nitrogens is 1. The summed E-state index contributed by atoms with van der Waals surface area (Å²) >= 11 is 5.77. The number of aryl methyl sites for hydroxylation is 2. The smallest absolute Gasteiger partial charge is 0.251 e. The number of amides is 1. The molecule has 1 aromatic carbocycles. The first-order chi connectivity index (χ1) is 10.1. The molecule has 110 valence electrons.